The maximum Gasteiger partial charge on any atom is 0.224 e. The van der Waals surface area contributed by atoms with Crippen molar-refractivity contribution >= 4 is 5.91 Å². The minimum atomic E-state index is 0.0811. The maximum atomic E-state index is 11.6. The Kier molecular flexibility index (Phi) is 3.02. The minimum absolute atomic E-state index is 0.0811. The van der Waals surface area contributed by atoms with Gasteiger partial charge in [0, 0.05) is 0 Å². The first-order chi connectivity index (χ1) is 7.25. The molecule has 0 saturated carbocycles. The molecule has 1 heterocycles. The summed E-state index contributed by atoms with van der Waals surface area (Å²) in [4.78, 5) is 11.6. The summed E-state index contributed by atoms with van der Waals surface area (Å²) in [5.74, 6) is 0.0811. The van der Waals surface area contributed by atoms with Crippen LogP contribution in [-0.4, -0.2) is 25.2 Å². The number of benzene rings is 1. The van der Waals surface area contributed by atoms with Crippen LogP contribution in [0.2, 0.25) is 0 Å². The van der Waals surface area contributed by atoms with E-state index in [1.54, 1.807) is 0 Å². The van der Waals surface area contributed by atoms with E-state index in [-0.39, 0.29) is 11.9 Å². The number of carbonyl (C=O) groups is 1. The van der Waals surface area contributed by atoms with Crippen LogP contribution in [0.3, 0.4) is 0 Å². The number of amides is 1. The van der Waals surface area contributed by atoms with E-state index in [2.05, 4.69) is 5.32 Å². The second-order valence-electron chi connectivity index (χ2n) is 3.91. The fourth-order valence-corrected chi connectivity index (χ4v) is 1.58. The Hall–Kier alpha value is -1.35. The maximum absolute atomic E-state index is 11.6. The van der Waals surface area contributed by atoms with Crippen LogP contribution in [0.5, 0.6) is 0 Å². The molecule has 3 heteroatoms. The molecule has 0 spiro atoms. The van der Waals surface area contributed by atoms with Crippen molar-refractivity contribution in [3.63, 3.8) is 0 Å². The molecule has 80 valence electrons. The average Bonchev–Trinajstić information content (AvgIpc) is 2.16. The molecule has 1 aliphatic rings. The first-order valence-corrected chi connectivity index (χ1v) is 5.17. The smallest absolute Gasteiger partial charge is 0.224 e. The molecular formula is C12H15NO2. The Morgan fingerprint density at radius 3 is 2.80 bits per heavy atom. The Morgan fingerprint density at radius 2 is 2.20 bits per heavy atom. The Labute approximate surface area is 89.4 Å². The van der Waals surface area contributed by atoms with Crippen molar-refractivity contribution in [2.24, 2.45) is 0 Å². The fraction of sp³-hybridized carbons (Fsp3) is 0.417. The van der Waals surface area contributed by atoms with Gasteiger partial charge in [-0.25, -0.2) is 0 Å². The number of hydrogen-bond donors (Lipinski definition) is 1. The van der Waals surface area contributed by atoms with Crippen molar-refractivity contribution in [1.29, 1.82) is 0 Å². The molecule has 0 unspecified atom stereocenters. The molecule has 1 fully saturated rings. The molecule has 3 nitrogen and oxygen atoms in total. The van der Waals surface area contributed by atoms with E-state index in [1.807, 2.05) is 31.2 Å². The predicted molar refractivity (Wildman–Crippen MR) is 57.6 cm³/mol. The number of hydrogen-bond acceptors (Lipinski definition) is 2. The Morgan fingerprint density at radius 1 is 1.47 bits per heavy atom. The lowest BCUT2D eigenvalue weighted by Crippen LogP contribution is -2.49. The highest BCUT2D eigenvalue weighted by atomic mass is 16.5. The summed E-state index contributed by atoms with van der Waals surface area (Å²) >= 11 is 0. The highest BCUT2D eigenvalue weighted by molar-refractivity contribution is 5.79. The van der Waals surface area contributed by atoms with Crippen LogP contribution in [0.25, 0.3) is 0 Å². The molecule has 1 saturated heterocycles. The van der Waals surface area contributed by atoms with Crippen LogP contribution in [-0.2, 0) is 16.0 Å². The summed E-state index contributed by atoms with van der Waals surface area (Å²) in [6.45, 7) is 3.33. The first kappa shape index (κ1) is 10.2. The van der Waals surface area contributed by atoms with Crippen LogP contribution in [0.4, 0.5) is 0 Å². The van der Waals surface area contributed by atoms with Crippen LogP contribution in [0, 0.1) is 6.92 Å². The van der Waals surface area contributed by atoms with E-state index in [0.717, 1.165) is 11.1 Å². The standard InChI is InChI=1S/C12H15NO2/c1-9-4-2-3-5-10(9)6-12(14)13-11-7-15-8-11/h2-5,11H,6-8H2,1H3,(H,13,14). The normalized spacial score (nSPS) is 15.8. The van der Waals surface area contributed by atoms with Gasteiger partial charge < -0.3 is 10.1 Å². The number of nitrogens with one attached hydrogen (secondary N) is 1. The van der Waals surface area contributed by atoms with Gasteiger partial charge in [-0.05, 0) is 18.1 Å². The van der Waals surface area contributed by atoms with E-state index in [1.165, 1.54) is 0 Å². The average molecular weight is 205 g/mol. The van der Waals surface area contributed by atoms with Gasteiger partial charge in [0.05, 0.1) is 25.7 Å². The van der Waals surface area contributed by atoms with E-state index < -0.39 is 0 Å². The number of aryl methyl sites for hydroxylation is 1. The zero-order chi connectivity index (χ0) is 10.7. The van der Waals surface area contributed by atoms with E-state index in [0.29, 0.717) is 19.6 Å². The van der Waals surface area contributed by atoms with Gasteiger partial charge in [-0.2, -0.15) is 0 Å². The molecule has 1 N–H and O–H groups in total. The summed E-state index contributed by atoms with van der Waals surface area (Å²) in [5.41, 5.74) is 2.26. The van der Waals surface area contributed by atoms with Gasteiger partial charge in [0.25, 0.3) is 0 Å². The largest absolute Gasteiger partial charge is 0.377 e. The van der Waals surface area contributed by atoms with Crippen molar-refractivity contribution in [2.75, 3.05) is 13.2 Å². The molecule has 0 radical (unpaired) electrons. The topological polar surface area (TPSA) is 38.3 Å². The van der Waals surface area contributed by atoms with Crippen molar-refractivity contribution in [1.82, 2.24) is 5.32 Å². The van der Waals surface area contributed by atoms with Gasteiger partial charge in [-0.3, -0.25) is 4.79 Å². The number of carbonyl (C=O) groups excluding carboxylic acids is 1. The second-order valence-corrected chi connectivity index (χ2v) is 3.91. The molecule has 1 aliphatic heterocycles. The molecule has 0 bridgehead atoms. The summed E-state index contributed by atoms with van der Waals surface area (Å²) < 4.78 is 4.99. The van der Waals surface area contributed by atoms with Crippen LogP contribution >= 0.6 is 0 Å². The number of ether oxygens (including phenoxy) is 1. The zero-order valence-corrected chi connectivity index (χ0v) is 8.82. The lowest BCUT2D eigenvalue weighted by Gasteiger charge is -2.26. The highest BCUT2D eigenvalue weighted by Gasteiger charge is 2.20. The van der Waals surface area contributed by atoms with Crippen molar-refractivity contribution < 1.29 is 9.53 Å². The predicted octanol–water partition coefficient (Wildman–Crippen LogP) is 1.05. The van der Waals surface area contributed by atoms with Gasteiger partial charge >= 0.3 is 0 Å². The number of rotatable bonds is 3. The third-order valence-electron chi connectivity index (χ3n) is 2.62. The molecule has 0 aromatic heterocycles. The molecule has 0 aliphatic carbocycles. The monoisotopic (exact) mass is 205 g/mol. The van der Waals surface area contributed by atoms with E-state index in [9.17, 15) is 4.79 Å². The fourth-order valence-electron chi connectivity index (χ4n) is 1.58. The van der Waals surface area contributed by atoms with E-state index in [4.69, 9.17) is 4.74 Å². The Bertz CT molecular complexity index is 358. The molecule has 1 amide bonds. The molecule has 2 rings (SSSR count). The van der Waals surface area contributed by atoms with Crippen LogP contribution in [0.15, 0.2) is 24.3 Å². The quantitative estimate of drug-likeness (QED) is 0.801. The minimum Gasteiger partial charge on any atom is -0.377 e. The van der Waals surface area contributed by atoms with Gasteiger partial charge in [-0.1, -0.05) is 24.3 Å². The highest BCUT2D eigenvalue weighted by Crippen LogP contribution is 2.08. The van der Waals surface area contributed by atoms with Crippen molar-refractivity contribution in [2.45, 2.75) is 19.4 Å². The lowest BCUT2D eigenvalue weighted by atomic mass is 10.1. The zero-order valence-electron chi connectivity index (χ0n) is 8.82. The molecular weight excluding hydrogens is 190 g/mol. The van der Waals surface area contributed by atoms with Gasteiger partial charge in [-0.15, -0.1) is 0 Å². The summed E-state index contributed by atoms with van der Waals surface area (Å²) in [7, 11) is 0. The van der Waals surface area contributed by atoms with Gasteiger partial charge in [0.15, 0.2) is 0 Å². The van der Waals surface area contributed by atoms with Crippen molar-refractivity contribution in [3.8, 4) is 0 Å². The molecule has 0 atom stereocenters. The molecule has 1 aromatic carbocycles. The third kappa shape index (κ3) is 2.57. The summed E-state index contributed by atoms with van der Waals surface area (Å²) in [5, 5.41) is 2.93. The molecule has 1 aromatic rings. The van der Waals surface area contributed by atoms with Crippen molar-refractivity contribution in [3.05, 3.63) is 35.4 Å². The van der Waals surface area contributed by atoms with Gasteiger partial charge in [0.1, 0.15) is 0 Å². The van der Waals surface area contributed by atoms with Crippen LogP contribution in [0.1, 0.15) is 11.1 Å². The summed E-state index contributed by atoms with van der Waals surface area (Å²) in [6.07, 6.45) is 0.461. The summed E-state index contributed by atoms with van der Waals surface area (Å²) in [6, 6.07) is 8.18. The lowest BCUT2D eigenvalue weighted by molar-refractivity contribution is -0.124. The Balaban J connectivity index is 1.90. The SMILES string of the molecule is Cc1ccccc1CC(=O)NC1COC1. The second kappa shape index (κ2) is 4.45. The third-order valence-corrected chi connectivity index (χ3v) is 2.62. The van der Waals surface area contributed by atoms with E-state index >= 15 is 0 Å². The molecule has 15 heavy (non-hydrogen) atoms. The van der Waals surface area contributed by atoms with Crippen LogP contribution < -0.4 is 5.32 Å². The first-order valence-electron chi connectivity index (χ1n) is 5.17. The van der Waals surface area contributed by atoms with Gasteiger partial charge in [0.2, 0.25) is 5.91 Å².